The molecule has 0 aromatic heterocycles. The number of hydrogen-bond acceptors (Lipinski definition) is 3. The van der Waals surface area contributed by atoms with Crippen molar-refractivity contribution in [3.05, 3.63) is 101 Å². The first-order valence-electron chi connectivity index (χ1n) is 9.01. The number of hydrogen-bond donors (Lipinski definition) is 1. The normalized spacial score (nSPS) is 21.5. The molecule has 0 fully saturated rings. The van der Waals surface area contributed by atoms with Gasteiger partial charge >= 0.3 is 0 Å². The van der Waals surface area contributed by atoms with Gasteiger partial charge in [-0.3, -0.25) is 4.79 Å². The molecule has 1 aliphatic rings. The maximum absolute atomic E-state index is 13.4. The van der Waals surface area contributed by atoms with Gasteiger partial charge in [0.2, 0.25) is 0 Å². The van der Waals surface area contributed by atoms with Gasteiger partial charge in [-0.25, -0.2) is 0 Å². The van der Waals surface area contributed by atoms with Crippen LogP contribution in [0.15, 0.2) is 78.9 Å². The second-order valence-electron chi connectivity index (χ2n) is 6.82. The summed E-state index contributed by atoms with van der Waals surface area (Å²) >= 11 is 6.27. The van der Waals surface area contributed by atoms with Gasteiger partial charge in [0.1, 0.15) is 0 Å². The maximum Gasteiger partial charge on any atom is 0.260 e. The number of anilines is 1. The van der Waals surface area contributed by atoms with Gasteiger partial charge in [-0.2, -0.15) is 0 Å². The van der Waals surface area contributed by atoms with E-state index in [0.29, 0.717) is 28.4 Å². The van der Waals surface area contributed by atoms with Crippen LogP contribution < -0.4 is 4.90 Å². The molecule has 3 aromatic carbocycles. The van der Waals surface area contributed by atoms with E-state index in [0.717, 1.165) is 5.56 Å². The third kappa shape index (κ3) is 3.00. The molecule has 1 heterocycles. The van der Waals surface area contributed by atoms with Crippen LogP contribution in [0, 0.1) is 0 Å². The zero-order valence-electron chi connectivity index (χ0n) is 15.4. The molecule has 4 rings (SSSR count). The number of carbonyl (C=O) groups is 1. The summed E-state index contributed by atoms with van der Waals surface area (Å²) in [6.45, 7) is 0.374. The number of nitrogens with zero attached hydrogens (tertiary/aromatic N) is 1. The molecule has 4 nitrogen and oxygen atoms in total. The Morgan fingerprint density at radius 3 is 2.32 bits per heavy atom. The highest BCUT2D eigenvalue weighted by Crippen LogP contribution is 2.45. The molecule has 2 unspecified atom stereocenters. The Labute approximate surface area is 168 Å². The number of rotatable bonds is 4. The zero-order valence-corrected chi connectivity index (χ0v) is 16.1. The summed E-state index contributed by atoms with van der Waals surface area (Å²) in [6, 6.07) is 24.0. The molecular weight excluding hydrogens is 374 g/mol. The van der Waals surface area contributed by atoms with Gasteiger partial charge in [-0.1, -0.05) is 72.3 Å². The first kappa shape index (κ1) is 18.7. The molecule has 2 atom stereocenters. The molecule has 0 radical (unpaired) electrons. The highest BCUT2D eigenvalue weighted by molar-refractivity contribution is 6.30. The summed E-state index contributed by atoms with van der Waals surface area (Å²) < 4.78 is 5.55. The van der Waals surface area contributed by atoms with Crippen LogP contribution in [0.5, 0.6) is 0 Å². The van der Waals surface area contributed by atoms with Crippen LogP contribution in [-0.2, 0) is 21.7 Å². The lowest BCUT2D eigenvalue weighted by molar-refractivity contribution is -0.145. The van der Waals surface area contributed by atoms with Crippen molar-refractivity contribution < 1.29 is 14.6 Å². The van der Waals surface area contributed by atoms with E-state index in [1.165, 1.54) is 7.11 Å². The zero-order chi connectivity index (χ0) is 19.7. The average Bonchev–Trinajstić information content (AvgIpc) is 2.73. The number of ether oxygens (including phenoxy) is 1. The summed E-state index contributed by atoms with van der Waals surface area (Å²) in [7, 11) is 1.44. The molecule has 0 spiro atoms. The van der Waals surface area contributed by atoms with Crippen molar-refractivity contribution >= 4 is 23.2 Å². The average molecular weight is 394 g/mol. The van der Waals surface area contributed by atoms with Crippen LogP contribution in [0.3, 0.4) is 0 Å². The Hall–Kier alpha value is -2.66. The second-order valence-corrected chi connectivity index (χ2v) is 7.26. The molecule has 0 aliphatic carbocycles. The SMILES string of the molecule is COC1C(=O)N(Cc2ccccc2)c2ccc(Cl)cc2C1(O)c1ccccc1. The predicted octanol–water partition coefficient (Wildman–Crippen LogP) is 4.14. The molecule has 0 saturated heterocycles. The number of methoxy groups -OCH3 is 1. The van der Waals surface area contributed by atoms with Crippen molar-refractivity contribution in [1.82, 2.24) is 0 Å². The van der Waals surface area contributed by atoms with E-state index in [1.807, 2.05) is 48.5 Å². The fraction of sp³-hybridized carbons (Fsp3) is 0.174. The third-order valence-electron chi connectivity index (χ3n) is 5.16. The summed E-state index contributed by atoms with van der Waals surface area (Å²) in [4.78, 5) is 15.1. The van der Waals surface area contributed by atoms with Crippen molar-refractivity contribution in [3.8, 4) is 0 Å². The summed E-state index contributed by atoms with van der Waals surface area (Å²) in [5, 5.41) is 12.3. The topological polar surface area (TPSA) is 49.8 Å². The largest absolute Gasteiger partial charge is 0.377 e. The number of fused-ring (bicyclic) bond motifs is 1. The van der Waals surface area contributed by atoms with E-state index in [4.69, 9.17) is 16.3 Å². The van der Waals surface area contributed by atoms with E-state index in [-0.39, 0.29) is 5.91 Å². The minimum absolute atomic E-state index is 0.299. The smallest absolute Gasteiger partial charge is 0.260 e. The molecule has 1 N–H and O–H groups in total. The van der Waals surface area contributed by atoms with Crippen molar-refractivity contribution in [2.75, 3.05) is 12.0 Å². The first-order valence-corrected chi connectivity index (χ1v) is 9.39. The minimum Gasteiger partial charge on any atom is -0.377 e. The lowest BCUT2D eigenvalue weighted by atomic mass is 9.77. The molecule has 142 valence electrons. The van der Waals surface area contributed by atoms with Gasteiger partial charge in [-0.05, 0) is 29.3 Å². The summed E-state index contributed by atoms with van der Waals surface area (Å²) in [5.41, 5.74) is 1.10. The molecule has 5 heteroatoms. The Morgan fingerprint density at radius 2 is 1.68 bits per heavy atom. The number of benzene rings is 3. The fourth-order valence-corrected chi connectivity index (χ4v) is 4.00. The van der Waals surface area contributed by atoms with Crippen LogP contribution in [0.25, 0.3) is 0 Å². The summed E-state index contributed by atoms with van der Waals surface area (Å²) in [6.07, 6.45) is -1.09. The van der Waals surface area contributed by atoms with E-state index in [9.17, 15) is 9.90 Å². The first-order chi connectivity index (χ1) is 13.6. The minimum atomic E-state index is -1.64. The summed E-state index contributed by atoms with van der Waals surface area (Å²) in [5.74, 6) is -0.299. The van der Waals surface area contributed by atoms with Gasteiger partial charge in [0.25, 0.3) is 5.91 Å². The lowest BCUT2D eigenvalue weighted by Crippen LogP contribution is -2.57. The number of amides is 1. The van der Waals surface area contributed by atoms with Crippen molar-refractivity contribution in [2.24, 2.45) is 0 Å². The van der Waals surface area contributed by atoms with Gasteiger partial charge < -0.3 is 14.7 Å². The van der Waals surface area contributed by atoms with E-state index < -0.39 is 11.7 Å². The number of halogens is 1. The standard InChI is InChI=1S/C23H20ClNO3/c1-28-21-22(26)25(15-16-8-4-2-5-9-16)20-13-12-18(24)14-19(20)23(21,27)17-10-6-3-7-11-17/h2-14,21,27H,15H2,1H3. The monoisotopic (exact) mass is 393 g/mol. The quantitative estimate of drug-likeness (QED) is 0.724. The molecule has 1 amide bonds. The van der Waals surface area contributed by atoms with Crippen LogP contribution in [-0.4, -0.2) is 24.2 Å². The molecule has 28 heavy (non-hydrogen) atoms. The molecule has 1 aliphatic heterocycles. The highest BCUT2D eigenvalue weighted by Gasteiger charge is 2.52. The van der Waals surface area contributed by atoms with Gasteiger partial charge in [-0.15, -0.1) is 0 Å². The van der Waals surface area contributed by atoms with Crippen molar-refractivity contribution in [2.45, 2.75) is 18.2 Å². The molecule has 3 aromatic rings. The predicted molar refractivity (Wildman–Crippen MR) is 109 cm³/mol. The Balaban J connectivity index is 1.91. The van der Waals surface area contributed by atoms with E-state index in [1.54, 1.807) is 35.2 Å². The van der Waals surface area contributed by atoms with Crippen LogP contribution >= 0.6 is 11.6 Å². The molecular formula is C23H20ClNO3. The maximum atomic E-state index is 13.4. The van der Waals surface area contributed by atoms with Crippen LogP contribution in [0.4, 0.5) is 5.69 Å². The van der Waals surface area contributed by atoms with Gasteiger partial charge in [0.05, 0.1) is 12.2 Å². The van der Waals surface area contributed by atoms with E-state index in [2.05, 4.69) is 0 Å². The Kier molecular flexibility index (Phi) is 4.94. The Morgan fingerprint density at radius 1 is 1.04 bits per heavy atom. The highest BCUT2D eigenvalue weighted by atomic mass is 35.5. The lowest BCUT2D eigenvalue weighted by Gasteiger charge is -2.44. The fourth-order valence-electron chi connectivity index (χ4n) is 3.83. The van der Waals surface area contributed by atoms with E-state index >= 15 is 0 Å². The Bertz CT molecular complexity index is 993. The van der Waals surface area contributed by atoms with Crippen LogP contribution in [0.1, 0.15) is 16.7 Å². The van der Waals surface area contributed by atoms with Gasteiger partial charge in [0, 0.05) is 17.7 Å². The van der Waals surface area contributed by atoms with Gasteiger partial charge in [0.15, 0.2) is 11.7 Å². The van der Waals surface area contributed by atoms with Crippen LogP contribution in [0.2, 0.25) is 5.02 Å². The van der Waals surface area contributed by atoms with Crippen molar-refractivity contribution in [1.29, 1.82) is 0 Å². The molecule has 0 bridgehead atoms. The third-order valence-corrected chi connectivity index (χ3v) is 5.40. The number of aliphatic hydroxyl groups is 1. The number of carbonyl (C=O) groups excluding carboxylic acids is 1. The molecule has 0 saturated carbocycles. The van der Waals surface area contributed by atoms with Crippen molar-refractivity contribution in [3.63, 3.8) is 0 Å². The second kappa shape index (κ2) is 7.40.